The molecule has 0 N–H and O–H groups in total. The Labute approximate surface area is 375 Å². The largest absolute Gasteiger partial charge is 0.456 e. The van der Waals surface area contributed by atoms with E-state index in [0.29, 0.717) is 0 Å². The van der Waals surface area contributed by atoms with Crippen LogP contribution in [-0.2, 0) is 5.41 Å². The van der Waals surface area contributed by atoms with Gasteiger partial charge < -0.3 is 8.83 Å². The summed E-state index contributed by atoms with van der Waals surface area (Å²) >= 11 is 0. The second-order valence-electron chi connectivity index (χ2n) is 17.4. The fourth-order valence-corrected chi connectivity index (χ4v) is 11.5. The highest BCUT2D eigenvalue weighted by Crippen LogP contribution is 2.60. The van der Waals surface area contributed by atoms with E-state index < -0.39 is 5.41 Å². The van der Waals surface area contributed by atoms with Gasteiger partial charge in [-0.25, -0.2) is 0 Å². The number of furan rings is 2. The van der Waals surface area contributed by atoms with Crippen molar-refractivity contribution in [2.75, 3.05) is 0 Å². The topological polar surface area (TPSA) is 26.3 Å². The highest BCUT2D eigenvalue weighted by Gasteiger charge is 2.47. The van der Waals surface area contributed by atoms with Gasteiger partial charge in [-0.3, -0.25) is 0 Å². The zero-order chi connectivity index (χ0) is 42.6. The maximum atomic E-state index is 6.34. The van der Waals surface area contributed by atoms with Gasteiger partial charge in [-0.05, 0) is 131 Å². The molecular formula is C63H38O2. The van der Waals surface area contributed by atoms with Gasteiger partial charge in [-0.2, -0.15) is 0 Å². The van der Waals surface area contributed by atoms with E-state index in [1.54, 1.807) is 0 Å². The first kappa shape index (κ1) is 36.1. The van der Waals surface area contributed by atoms with Crippen LogP contribution in [-0.4, -0.2) is 0 Å². The van der Waals surface area contributed by atoms with Crippen LogP contribution < -0.4 is 0 Å². The van der Waals surface area contributed by atoms with E-state index in [2.05, 4.69) is 218 Å². The van der Waals surface area contributed by atoms with Gasteiger partial charge in [0.05, 0.1) is 5.41 Å². The fraction of sp³-hybridized carbons (Fsp3) is 0.0159. The molecule has 0 aliphatic heterocycles. The van der Waals surface area contributed by atoms with Crippen molar-refractivity contribution in [1.29, 1.82) is 0 Å². The lowest BCUT2D eigenvalue weighted by Gasteiger charge is -2.35. The predicted octanol–water partition coefficient (Wildman–Crippen LogP) is 17.2. The van der Waals surface area contributed by atoms with E-state index >= 15 is 0 Å². The number of fused-ring (bicyclic) bond motifs is 11. The van der Waals surface area contributed by atoms with Crippen molar-refractivity contribution in [2.45, 2.75) is 5.41 Å². The maximum Gasteiger partial charge on any atom is 0.135 e. The number of rotatable bonds is 5. The molecule has 2 heterocycles. The third-order valence-electron chi connectivity index (χ3n) is 14.2. The number of para-hydroxylation sites is 2. The van der Waals surface area contributed by atoms with Gasteiger partial charge >= 0.3 is 0 Å². The summed E-state index contributed by atoms with van der Waals surface area (Å²) in [6, 6.07) is 84.6. The molecule has 1 aliphatic carbocycles. The summed E-state index contributed by atoms with van der Waals surface area (Å²) in [5, 5.41) is 9.29. The summed E-state index contributed by atoms with van der Waals surface area (Å²) in [6.45, 7) is 0. The third-order valence-corrected chi connectivity index (χ3v) is 14.2. The molecule has 0 saturated carbocycles. The zero-order valence-electron chi connectivity index (χ0n) is 35.3. The Kier molecular flexibility index (Phi) is 7.64. The van der Waals surface area contributed by atoms with Gasteiger partial charge in [0.2, 0.25) is 0 Å². The Morgan fingerprint density at radius 2 is 0.692 bits per heavy atom. The van der Waals surface area contributed by atoms with Gasteiger partial charge in [0.15, 0.2) is 0 Å². The zero-order valence-corrected chi connectivity index (χ0v) is 35.3. The summed E-state index contributed by atoms with van der Waals surface area (Å²) in [5.41, 5.74) is 17.7. The molecule has 11 aromatic carbocycles. The molecule has 1 aliphatic rings. The first-order valence-corrected chi connectivity index (χ1v) is 22.4. The molecule has 14 rings (SSSR count). The van der Waals surface area contributed by atoms with E-state index in [9.17, 15) is 0 Å². The van der Waals surface area contributed by atoms with Crippen LogP contribution in [0.15, 0.2) is 239 Å². The van der Waals surface area contributed by atoms with Gasteiger partial charge in [0.1, 0.15) is 22.3 Å². The fourth-order valence-electron chi connectivity index (χ4n) is 11.5. The average Bonchev–Trinajstić information content (AvgIpc) is 4.04. The first-order chi connectivity index (χ1) is 32.2. The second-order valence-corrected chi connectivity index (χ2v) is 17.4. The summed E-state index contributed by atoms with van der Waals surface area (Å²) in [5.74, 6) is 0. The molecule has 0 amide bonds. The standard InChI is InChI=1S/C63H38O2/c1-3-16-41(17-4-1)63(42-18-5-2-6-19-42)56-29-10-7-20-45(56)50-27-15-28-51(62(50)63)61-48-25-13-23-43(39-32-34-59-54(36-39)46-21-8-11-30-57(46)64-59)52(48)38-53-44(24-14-26-49(53)61)40-33-35-60-55(37-40)47-22-9-12-31-58(47)65-60/h1-38H. The summed E-state index contributed by atoms with van der Waals surface area (Å²) in [6.07, 6.45) is 0. The Morgan fingerprint density at radius 3 is 1.28 bits per heavy atom. The molecule has 2 nitrogen and oxygen atoms in total. The van der Waals surface area contributed by atoms with E-state index in [0.717, 1.165) is 55.0 Å². The lowest BCUT2D eigenvalue weighted by molar-refractivity contribution is 0.668. The SMILES string of the molecule is c1ccc(C2(c3ccccc3)c3ccccc3-c3cccc(-c4c5cccc(-c6ccc7oc8ccccc8c7c6)c5cc5c(-c6ccc7oc8ccccc8c7c6)cccc45)c32)cc1. The molecule has 2 heteroatoms. The van der Waals surface area contributed by atoms with Crippen molar-refractivity contribution in [2.24, 2.45) is 0 Å². The van der Waals surface area contributed by atoms with Crippen LogP contribution in [0.4, 0.5) is 0 Å². The Balaban J connectivity index is 1.13. The van der Waals surface area contributed by atoms with E-state index in [4.69, 9.17) is 8.83 Å². The van der Waals surface area contributed by atoms with Crippen LogP contribution >= 0.6 is 0 Å². The van der Waals surface area contributed by atoms with Crippen molar-refractivity contribution < 1.29 is 8.83 Å². The quantitative estimate of drug-likeness (QED) is 0.162. The smallest absolute Gasteiger partial charge is 0.135 e. The van der Waals surface area contributed by atoms with Gasteiger partial charge in [-0.15, -0.1) is 0 Å². The minimum Gasteiger partial charge on any atom is -0.456 e. The minimum atomic E-state index is -0.588. The van der Waals surface area contributed by atoms with Crippen LogP contribution in [0.2, 0.25) is 0 Å². The molecule has 65 heavy (non-hydrogen) atoms. The summed E-state index contributed by atoms with van der Waals surface area (Å²) in [7, 11) is 0. The van der Waals surface area contributed by atoms with Crippen molar-refractivity contribution in [3.8, 4) is 44.5 Å². The van der Waals surface area contributed by atoms with Crippen molar-refractivity contribution in [1.82, 2.24) is 0 Å². The third kappa shape index (κ3) is 5.11. The molecule has 0 atom stereocenters. The molecule has 0 radical (unpaired) electrons. The highest BCUT2D eigenvalue weighted by molar-refractivity contribution is 6.21. The van der Waals surface area contributed by atoms with Crippen LogP contribution in [0.25, 0.3) is 110 Å². The number of hydrogen-bond donors (Lipinski definition) is 0. The minimum absolute atomic E-state index is 0.588. The molecule has 13 aromatic rings. The monoisotopic (exact) mass is 826 g/mol. The molecule has 0 saturated heterocycles. The Hall–Kier alpha value is -8.46. The van der Waals surface area contributed by atoms with E-state index in [1.807, 2.05) is 12.1 Å². The molecule has 2 aromatic heterocycles. The van der Waals surface area contributed by atoms with Gasteiger partial charge in [-0.1, -0.05) is 188 Å². The van der Waals surface area contributed by atoms with E-state index in [1.165, 1.54) is 77.2 Å². The molecule has 0 spiro atoms. The van der Waals surface area contributed by atoms with Gasteiger partial charge in [0.25, 0.3) is 0 Å². The van der Waals surface area contributed by atoms with Crippen molar-refractivity contribution in [3.63, 3.8) is 0 Å². The van der Waals surface area contributed by atoms with Crippen LogP contribution in [0, 0.1) is 0 Å². The number of benzene rings is 11. The lowest BCUT2D eigenvalue weighted by Crippen LogP contribution is -2.29. The first-order valence-electron chi connectivity index (χ1n) is 22.4. The molecule has 0 fully saturated rings. The van der Waals surface area contributed by atoms with Crippen molar-refractivity contribution in [3.05, 3.63) is 253 Å². The second kappa shape index (κ2) is 13.8. The Morgan fingerprint density at radius 1 is 0.262 bits per heavy atom. The highest BCUT2D eigenvalue weighted by atomic mass is 16.3. The predicted molar refractivity (Wildman–Crippen MR) is 270 cm³/mol. The summed E-state index contributed by atoms with van der Waals surface area (Å²) in [4.78, 5) is 0. The molecule has 302 valence electrons. The normalized spacial score (nSPS) is 13.0. The van der Waals surface area contributed by atoms with Gasteiger partial charge in [0, 0.05) is 21.5 Å². The van der Waals surface area contributed by atoms with E-state index in [-0.39, 0.29) is 0 Å². The van der Waals surface area contributed by atoms with Crippen LogP contribution in [0.1, 0.15) is 22.3 Å². The van der Waals surface area contributed by atoms with Crippen molar-refractivity contribution >= 4 is 65.4 Å². The molecular weight excluding hydrogens is 789 g/mol. The lowest BCUT2D eigenvalue weighted by atomic mass is 9.65. The number of hydrogen-bond acceptors (Lipinski definition) is 2. The molecule has 0 bridgehead atoms. The Bertz CT molecular complexity index is 3850. The van der Waals surface area contributed by atoms with Crippen LogP contribution in [0.5, 0.6) is 0 Å². The molecule has 0 unspecified atom stereocenters. The average molecular weight is 827 g/mol. The summed E-state index contributed by atoms with van der Waals surface area (Å²) < 4.78 is 12.7. The maximum absolute atomic E-state index is 6.34. The van der Waals surface area contributed by atoms with Crippen LogP contribution in [0.3, 0.4) is 0 Å².